The summed E-state index contributed by atoms with van der Waals surface area (Å²) < 4.78 is 0.502. The van der Waals surface area contributed by atoms with Crippen molar-refractivity contribution in [2.75, 3.05) is 0 Å². The molecule has 0 fully saturated rings. The first-order chi connectivity index (χ1) is 7.65. The lowest BCUT2D eigenvalue weighted by Crippen LogP contribution is -2.33. The number of pyridine rings is 1. The van der Waals surface area contributed by atoms with E-state index in [1.54, 1.807) is 12.1 Å². The van der Waals surface area contributed by atoms with Crippen molar-refractivity contribution in [3.8, 4) is 0 Å². The molecule has 1 N–H and O–H groups in total. The second-order valence-corrected chi connectivity index (χ2v) is 3.25. The van der Waals surface area contributed by atoms with E-state index in [1.807, 2.05) is 0 Å². The number of nitrogens with zero attached hydrogens (tertiary/aromatic N) is 2. The molecule has 0 aliphatic rings. The van der Waals surface area contributed by atoms with E-state index in [4.69, 9.17) is 5.11 Å². The molecule has 0 bridgehead atoms. The molecule has 0 unspecified atom stereocenters. The second kappa shape index (κ2) is 3.74. The largest absolute Gasteiger partial charge is 0.618 e. The van der Waals surface area contributed by atoms with Gasteiger partial charge in [-0.3, -0.25) is 10.1 Å². The summed E-state index contributed by atoms with van der Waals surface area (Å²) in [6.45, 7) is -0.533. The van der Waals surface area contributed by atoms with Crippen LogP contribution in [0.3, 0.4) is 0 Å². The number of aliphatic hydroxyl groups is 1. The molecule has 0 radical (unpaired) electrons. The Balaban J connectivity index is 2.90. The SMILES string of the molecule is O=[N+]([O-])c1cc(CO)[n+]([O-])c2ccccc12. The summed E-state index contributed by atoms with van der Waals surface area (Å²) in [5.74, 6) is 0. The predicted octanol–water partition coefficient (Wildman–Crippen LogP) is 0.874. The van der Waals surface area contributed by atoms with Crippen LogP contribution in [0.4, 0.5) is 5.69 Å². The highest BCUT2D eigenvalue weighted by atomic mass is 16.6. The number of rotatable bonds is 2. The minimum Gasteiger partial charge on any atom is -0.618 e. The Labute approximate surface area is 90.1 Å². The monoisotopic (exact) mass is 220 g/mol. The zero-order valence-corrected chi connectivity index (χ0v) is 8.16. The van der Waals surface area contributed by atoms with Gasteiger partial charge in [0.2, 0.25) is 11.2 Å². The first-order valence-corrected chi connectivity index (χ1v) is 4.54. The van der Waals surface area contributed by atoms with E-state index in [9.17, 15) is 15.3 Å². The lowest BCUT2D eigenvalue weighted by atomic mass is 10.1. The van der Waals surface area contributed by atoms with Crippen LogP contribution in [-0.4, -0.2) is 10.0 Å². The predicted molar refractivity (Wildman–Crippen MR) is 55.5 cm³/mol. The van der Waals surface area contributed by atoms with Gasteiger partial charge in [0, 0.05) is 6.07 Å². The Morgan fingerprint density at radius 1 is 1.38 bits per heavy atom. The zero-order valence-electron chi connectivity index (χ0n) is 8.16. The van der Waals surface area contributed by atoms with E-state index in [-0.39, 0.29) is 22.3 Å². The van der Waals surface area contributed by atoms with Crippen LogP contribution in [0.2, 0.25) is 0 Å². The lowest BCUT2D eigenvalue weighted by Gasteiger charge is -2.05. The average Bonchev–Trinajstić information content (AvgIpc) is 2.29. The maximum atomic E-state index is 11.7. The highest BCUT2D eigenvalue weighted by Crippen LogP contribution is 2.23. The summed E-state index contributed by atoms with van der Waals surface area (Å²) in [5, 5.41) is 31.7. The van der Waals surface area contributed by atoms with E-state index in [0.717, 1.165) is 6.07 Å². The fraction of sp³-hybridized carbons (Fsp3) is 0.100. The summed E-state index contributed by atoms with van der Waals surface area (Å²) in [6.07, 6.45) is 0. The smallest absolute Gasteiger partial charge is 0.289 e. The molecule has 0 aliphatic heterocycles. The van der Waals surface area contributed by atoms with Gasteiger partial charge in [0.15, 0.2) is 0 Å². The first-order valence-electron chi connectivity index (χ1n) is 4.54. The van der Waals surface area contributed by atoms with Gasteiger partial charge in [-0.15, -0.1) is 0 Å². The fourth-order valence-electron chi connectivity index (χ4n) is 1.58. The van der Waals surface area contributed by atoms with Gasteiger partial charge in [0.1, 0.15) is 12.0 Å². The molecule has 16 heavy (non-hydrogen) atoms. The van der Waals surface area contributed by atoms with Crippen molar-refractivity contribution in [1.82, 2.24) is 0 Å². The number of nitro groups is 1. The number of hydrogen-bond acceptors (Lipinski definition) is 4. The van der Waals surface area contributed by atoms with Crippen molar-refractivity contribution in [2.24, 2.45) is 0 Å². The Kier molecular flexibility index (Phi) is 2.41. The fourth-order valence-corrected chi connectivity index (χ4v) is 1.58. The van der Waals surface area contributed by atoms with Gasteiger partial charge in [0.25, 0.3) is 5.69 Å². The number of para-hydroxylation sites is 1. The molecule has 0 saturated heterocycles. The van der Waals surface area contributed by atoms with E-state index in [1.165, 1.54) is 12.1 Å². The molecule has 0 spiro atoms. The number of aromatic nitrogens is 1. The van der Waals surface area contributed by atoms with Crippen molar-refractivity contribution in [1.29, 1.82) is 0 Å². The van der Waals surface area contributed by atoms with Gasteiger partial charge in [-0.1, -0.05) is 12.1 Å². The van der Waals surface area contributed by atoms with Crippen LogP contribution in [0.5, 0.6) is 0 Å². The number of aliphatic hydroxyl groups excluding tert-OH is 1. The number of fused-ring (bicyclic) bond motifs is 1. The van der Waals surface area contributed by atoms with E-state index in [2.05, 4.69) is 0 Å². The van der Waals surface area contributed by atoms with Crippen LogP contribution < -0.4 is 4.73 Å². The Hall–Kier alpha value is -2.21. The van der Waals surface area contributed by atoms with Crippen LogP contribution in [-0.2, 0) is 6.61 Å². The molecule has 0 aliphatic carbocycles. The Bertz CT molecular complexity index is 568. The molecule has 82 valence electrons. The average molecular weight is 220 g/mol. The molecule has 1 aromatic heterocycles. The van der Waals surface area contributed by atoms with Crippen molar-refractivity contribution >= 4 is 16.6 Å². The summed E-state index contributed by atoms with van der Waals surface area (Å²) >= 11 is 0. The summed E-state index contributed by atoms with van der Waals surface area (Å²) in [5.41, 5.74) is -0.0297. The molecule has 0 amide bonds. The standard InChI is InChI=1S/C10H8N2O4/c13-6-7-5-10(12(15)16)8-3-1-2-4-9(8)11(7)14/h1-5,13H,6H2. The maximum absolute atomic E-state index is 11.7. The van der Waals surface area contributed by atoms with Crippen LogP contribution >= 0.6 is 0 Å². The van der Waals surface area contributed by atoms with E-state index >= 15 is 0 Å². The third-order valence-corrected chi connectivity index (χ3v) is 2.32. The van der Waals surface area contributed by atoms with Crippen LogP contribution in [0, 0.1) is 15.3 Å². The normalized spacial score (nSPS) is 10.6. The Morgan fingerprint density at radius 2 is 2.06 bits per heavy atom. The van der Waals surface area contributed by atoms with E-state index < -0.39 is 11.5 Å². The van der Waals surface area contributed by atoms with Crippen molar-refractivity contribution < 1.29 is 14.8 Å². The zero-order chi connectivity index (χ0) is 11.7. The molecular weight excluding hydrogens is 212 g/mol. The minimum absolute atomic E-state index is 0.0367. The molecule has 2 rings (SSSR count). The van der Waals surface area contributed by atoms with Gasteiger partial charge >= 0.3 is 0 Å². The highest BCUT2D eigenvalue weighted by molar-refractivity contribution is 5.85. The van der Waals surface area contributed by atoms with Gasteiger partial charge in [-0.05, 0) is 6.07 Å². The molecule has 1 aromatic carbocycles. The third-order valence-electron chi connectivity index (χ3n) is 2.32. The molecular formula is C10H8N2O4. The van der Waals surface area contributed by atoms with Crippen molar-refractivity contribution in [3.05, 3.63) is 51.3 Å². The lowest BCUT2D eigenvalue weighted by molar-refractivity contribution is -0.589. The molecule has 1 heterocycles. The van der Waals surface area contributed by atoms with Gasteiger partial charge in [0.05, 0.1) is 11.0 Å². The quantitative estimate of drug-likeness (QED) is 0.352. The minimum atomic E-state index is -0.568. The second-order valence-electron chi connectivity index (χ2n) is 3.25. The van der Waals surface area contributed by atoms with Gasteiger partial charge < -0.3 is 10.3 Å². The topological polar surface area (TPSA) is 90.3 Å². The summed E-state index contributed by atoms with van der Waals surface area (Å²) in [6, 6.07) is 7.31. The Morgan fingerprint density at radius 3 is 2.69 bits per heavy atom. The van der Waals surface area contributed by atoms with Crippen LogP contribution in [0.25, 0.3) is 10.9 Å². The molecule has 6 nitrogen and oxygen atoms in total. The molecule has 0 atom stereocenters. The number of benzene rings is 1. The summed E-state index contributed by atoms with van der Waals surface area (Å²) in [4.78, 5) is 10.2. The van der Waals surface area contributed by atoms with Gasteiger partial charge in [-0.25, -0.2) is 0 Å². The molecule has 0 saturated carbocycles. The van der Waals surface area contributed by atoms with Crippen molar-refractivity contribution in [2.45, 2.75) is 6.61 Å². The number of hydrogen-bond donors (Lipinski definition) is 1. The highest BCUT2D eigenvalue weighted by Gasteiger charge is 2.21. The van der Waals surface area contributed by atoms with Gasteiger partial charge in [-0.2, -0.15) is 4.73 Å². The third kappa shape index (κ3) is 1.45. The van der Waals surface area contributed by atoms with Crippen molar-refractivity contribution in [3.63, 3.8) is 0 Å². The van der Waals surface area contributed by atoms with Crippen LogP contribution in [0.15, 0.2) is 30.3 Å². The first kappa shape index (κ1) is 10.3. The summed E-state index contributed by atoms with van der Waals surface area (Å²) in [7, 11) is 0. The molecule has 2 aromatic rings. The molecule has 6 heteroatoms. The van der Waals surface area contributed by atoms with E-state index in [0.29, 0.717) is 4.73 Å². The van der Waals surface area contributed by atoms with Crippen LogP contribution in [0.1, 0.15) is 5.69 Å². The maximum Gasteiger partial charge on any atom is 0.289 e.